The standard InChI is InChI=1S/C19H14FNO4/c20-15-8-14-16(9-13(15)11-4-2-1-3-5-11)21(12-6-7-12)10-17(18(14)22)25-19(23)24/h1-5,8-10,12H,6-7H2,(H,23,24). The summed E-state index contributed by atoms with van der Waals surface area (Å²) in [6.07, 6.45) is 1.67. The van der Waals surface area contributed by atoms with Gasteiger partial charge in [0.25, 0.3) is 0 Å². The number of nitrogens with zero attached hydrogens (tertiary/aromatic N) is 1. The van der Waals surface area contributed by atoms with Crippen molar-refractivity contribution < 1.29 is 19.0 Å². The van der Waals surface area contributed by atoms with E-state index >= 15 is 0 Å². The zero-order valence-electron chi connectivity index (χ0n) is 13.1. The maximum atomic E-state index is 14.6. The summed E-state index contributed by atoms with van der Waals surface area (Å²) in [5, 5.41) is 8.93. The topological polar surface area (TPSA) is 68.5 Å². The molecule has 0 spiro atoms. The molecule has 1 saturated carbocycles. The summed E-state index contributed by atoms with van der Waals surface area (Å²) < 4.78 is 21.0. The van der Waals surface area contributed by atoms with Crippen molar-refractivity contribution in [1.29, 1.82) is 0 Å². The number of benzene rings is 2. The van der Waals surface area contributed by atoms with Crippen LogP contribution in [0.4, 0.5) is 9.18 Å². The summed E-state index contributed by atoms with van der Waals surface area (Å²) in [4.78, 5) is 23.3. The third kappa shape index (κ3) is 2.76. The van der Waals surface area contributed by atoms with Gasteiger partial charge in [0.15, 0.2) is 5.75 Å². The van der Waals surface area contributed by atoms with E-state index in [1.807, 2.05) is 18.2 Å². The highest BCUT2D eigenvalue weighted by molar-refractivity contribution is 5.86. The second-order valence-electron chi connectivity index (χ2n) is 6.04. The number of pyridine rings is 1. The Labute approximate surface area is 141 Å². The third-order valence-electron chi connectivity index (χ3n) is 4.31. The molecule has 0 bridgehead atoms. The van der Waals surface area contributed by atoms with Crippen LogP contribution in [0.1, 0.15) is 18.9 Å². The van der Waals surface area contributed by atoms with Crippen LogP contribution >= 0.6 is 0 Å². The van der Waals surface area contributed by atoms with Crippen molar-refractivity contribution in [3.8, 4) is 16.9 Å². The van der Waals surface area contributed by atoms with Crippen molar-refractivity contribution in [2.45, 2.75) is 18.9 Å². The lowest BCUT2D eigenvalue weighted by Crippen LogP contribution is -2.16. The fourth-order valence-corrected chi connectivity index (χ4v) is 3.01. The van der Waals surface area contributed by atoms with E-state index in [4.69, 9.17) is 5.11 Å². The molecule has 2 aromatic carbocycles. The van der Waals surface area contributed by atoms with Crippen molar-refractivity contribution in [3.05, 3.63) is 64.7 Å². The minimum absolute atomic E-state index is 0.114. The first-order valence-electron chi connectivity index (χ1n) is 7.89. The van der Waals surface area contributed by atoms with Crippen LogP contribution in [-0.4, -0.2) is 15.8 Å². The predicted octanol–water partition coefficient (Wildman–Crippen LogP) is 4.20. The maximum absolute atomic E-state index is 14.6. The second kappa shape index (κ2) is 5.73. The molecule has 1 aliphatic carbocycles. The average Bonchev–Trinajstić information content (AvgIpc) is 3.42. The van der Waals surface area contributed by atoms with Gasteiger partial charge in [0, 0.05) is 11.6 Å². The van der Waals surface area contributed by atoms with Crippen LogP contribution in [0.25, 0.3) is 22.0 Å². The first-order chi connectivity index (χ1) is 12.0. The number of halogens is 1. The third-order valence-corrected chi connectivity index (χ3v) is 4.31. The summed E-state index contributed by atoms with van der Waals surface area (Å²) in [5.74, 6) is -0.843. The van der Waals surface area contributed by atoms with Gasteiger partial charge in [-0.15, -0.1) is 0 Å². The largest absolute Gasteiger partial charge is 0.511 e. The van der Waals surface area contributed by atoms with Crippen LogP contribution in [0.2, 0.25) is 0 Å². The molecule has 0 unspecified atom stereocenters. The highest BCUT2D eigenvalue weighted by atomic mass is 19.1. The summed E-state index contributed by atoms with van der Waals surface area (Å²) in [7, 11) is 0. The first-order valence-corrected chi connectivity index (χ1v) is 7.89. The van der Waals surface area contributed by atoms with Gasteiger partial charge in [0.05, 0.1) is 17.1 Å². The SMILES string of the molecule is O=C(O)Oc1cn(C2CC2)c2cc(-c3ccccc3)c(F)cc2c1=O. The lowest BCUT2D eigenvalue weighted by Gasteiger charge is -2.14. The number of carbonyl (C=O) groups is 1. The Morgan fingerprint density at radius 3 is 2.56 bits per heavy atom. The molecule has 1 N–H and O–H groups in total. The molecule has 6 heteroatoms. The number of hydrogen-bond donors (Lipinski definition) is 1. The molecule has 0 aliphatic heterocycles. The quantitative estimate of drug-likeness (QED) is 0.726. The molecule has 126 valence electrons. The minimum atomic E-state index is -1.57. The van der Waals surface area contributed by atoms with E-state index in [-0.39, 0.29) is 17.2 Å². The summed E-state index contributed by atoms with van der Waals surface area (Å²) in [5.41, 5.74) is 1.05. The number of hydrogen-bond acceptors (Lipinski definition) is 3. The highest BCUT2D eigenvalue weighted by Crippen LogP contribution is 2.38. The van der Waals surface area contributed by atoms with Gasteiger partial charge >= 0.3 is 6.16 Å². The van der Waals surface area contributed by atoms with Gasteiger partial charge in [-0.2, -0.15) is 0 Å². The Hall–Kier alpha value is -3.15. The molecule has 1 fully saturated rings. The first kappa shape index (κ1) is 15.4. The summed E-state index contributed by atoms with van der Waals surface area (Å²) >= 11 is 0. The monoisotopic (exact) mass is 339 g/mol. The number of carboxylic acid groups (broad SMARTS) is 1. The molecule has 25 heavy (non-hydrogen) atoms. The Kier molecular flexibility index (Phi) is 3.53. The average molecular weight is 339 g/mol. The fourth-order valence-electron chi connectivity index (χ4n) is 3.01. The molecule has 3 aromatic rings. The van der Waals surface area contributed by atoms with Crippen molar-refractivity contribution >= 4 is 17.1 Å². The van der Waals surface area contributed by atoms with Crippen molar-refractivity contribution in [2.24, 2.45) is 0 Å². The zero-order valence-corrected chi connectivity index (χ0v) is 13.1. The van der Waals surface area contributed by atoms with Gasteiger partial charge in [-0.05, 0) is 30.5 Å². The summed E-state index contributed by atoms with van der Waals surface area (Å²) in [6.45, 7) is 0. The number of aromatic nitrogens is 1. The molecule has 4 rings (SSSR count). The van der Waals surface area contributed by atoms with Gasteiger partial charge in [-0.3, -0.25) is 4.79 Å². The smallest absolute Gasteiger partial charge is 0.449 e. The van der Waals surface area contributed by atoms with Crippen molar-refractivity contribution in [3.63, 3.8) is 0 Å². The molecule has 1 aromatic heterocycles. The highest BCUT2D eigenvalue weighted by Gasteiger charge is 2.27. The van der Waals surface area contributed by atoms with Crippen LogP contribution < -0.4 is 10.2 Å². The number of ether oxygens (including phenoxy) is 1. The van der Waals surface area contributed by atoms with Gasteiger partial charge in [-0.1, -0.05) is 30.3 Å². The van der Waals surface area contributed by atoms with E-state index in [0.29, 0.717) is 16.6 Å². The van der Waals surface area contributed by atoms with E-state index in [0.717, 1.165) is 18.9 Å². The Morgan fingerprint density at radius 1 is 1.20 bits per heavy atom. The van der Waals surface area contributed by atoms with Crippen LogP contribution in [0.3, 0.4) is 0 Å². The number of rotatable bonds is 3. The van der Waals surface area contributed by atoms with Gasteiger partial charge < -0.3 is 14.4 Å². The molecule has 1 aliphatic rings. The Balaban J connectivity index is 2.00. The van der Waals surface area contributed by atoms with E-state index in [9.17, 15) is 14.0 Å². The van der Waals surface area contributed by atoms with Crippen LogP contribution in [0, 0.1) is 5.82 Å². The summed E-state index contributed by atoms with van der Waals surface area (Å²) in [6, 6.07) is 12.0. The van der Waals surface area contributed by atoms with E-state index < -0.39 is 17.4 Å². The van der Waals surface area contributed by atoms with Crippen LogP contribution in [0.15, 0.2) is 53.5 Å². The van der Waals surface area contributed by atoms with Crippen LogP contribution in [0.5, 0.6) is 5.75 Å². The molecule has 0 atom stereocenters. The molecular weight excluding hydrogens is 325 g/mol. The van der Waals surface area contributed by atoms with Crippen molar-refractivity contribution in [2.75, 3.05) is 0 Å². The molecule has 0 radical (unpaired) electrons. The van der Waals surface area contributed by atoms with E-state index in [1.54, 1.807) is 22.8 Å². The van der Waals surface area contributed by atoms with Gasteiger partial charge in [-0.25, -0.2) is 9.18 Å². The Morgan fingerprint density at radius 2 is 1.92 bits per heavy atom. The number of fused-ring (bicyclic) bond motifs is 1. The molecule has 0 saturated heterocycles. The zero-order chi connectivity index (χ0) is 17.6. The maximum Gasteiger partial charge on any atom is 0.511 e. The van der Waals surface area contributed by atoms with Crippen LogP contribution in [-0.2, 0) is 0 Å². The van der Waals surface area contributed by atoms with Gasteiger partial charge in [0.2, 0.25) is 5.43 Å². The van der Waals surface area contributed by atoms with Gasteiger partial charge in [0.1, 0.15) is 5.82 Å². The molecular formula is C19H14FNO4. The lowest BCUT2D eigenvalue weighted by molar-refractivity contribution is 0.143. The fraction of sp³-hybridized carbons (Fsp3) is 0.158. The normalized spacial score (nSPS) is 13.8. The minimum Gasteiger partial charge on any atom is -0.449 e. The second-order valence-corrected chi connectivity index (χ2v) is 6.04. The van der Waals surface area contributed by atoms with Crippen molar-refractivity contribution in [1.82, 2.24) is 4.57 Å². The molecule has 1 heterocycles. The lowest BCUT2D eigenvalue weighted by atomic mass is 10.0. The predicted molar refractivity (Wildman–Crippen MR) is 90.5 cm³/mol. The Bertz CT molecular complexity index is 1040. The van der Waals surface area contributed by atoms with E-state index in [1.165, 1.54) is 6.20 Å². The molecule has 5 nitrogen and oxygen atoms in total. The molecule has 0 amide bonds. The van der Waals surface area contributed by atoms with E-state index in [2.05, 4.69) is 4.74 Å².